The van der Waals surface area contributed by atoms with Gasteiger partial charge in [-0.05, 0) is 95.8 Å². The van der Waals surface area contributed by atoms with Crippen molar-refractivity contribution in [2.45, 2.75) is 59.3 Å². The van der Waals surface area contributed by atoms with E-state index in [-0.39, 0.29) is 0 Å². The summed E-state index contributed by atoms with van der Waals surface area (Å²) in [6, 6.07) is 8.72. The molecule has 0 saturated carbocycles. The van der Waals surface area contributed by atoms with Crippen LogP contribution in [-0.4, -0.2) is 48.1 Å². The van der Waals surface area contributed by atoms with E-state index in [0.717, 1.165) is 54.5 Å². The van der Waals surface area contributed by atoms with Crippen LogP contribution in [0.1, 0.15) is 62.5 Å². The molecule has 0 bridgehead atoms. The quantitative estimate of drug-likeness (QED) is 0.629. The minimum Gasteiger partial charge on any atom is -0.397 e. The van der Waals surface area contributed by atoms with Crippen molar-refractivity contribution < 1.29 is 0 Å². The molecule has 2 fully saturated rings. The number of benzene rings is 1. The van der Waals surface area contributed by atoms with Crippen LogP contribution in [0.2, 0.25) is 0 Å². The van der Waals surface area contributed by atoms with Crippen LogP contribution in [0.3, 0.4) is 0 Å². The number of rotatable bonds is 6. The van der Waals surface area contributed by atoms with E-state index < -0.39 is 0 Å². The number of hydrogen-bond acceptors (Lipinski definition) is 6. The average molecular weight is 449 g/mol. The van der Waals surface area contributed by atoms with E-state index in [4.69, 9.17) is 15.7 Å². The molecule has 1 aromatic carbocycles. The molecule has 0 aliphatic carbocycles. The SMILES string of the molecule is CCCC=C(N)c1nc(C)c(C)nc1Nc1ccc(N2CCC3(CCN(C)CC3)CC2)cc1. The van der Waals surface area contributed by atoms with Gasteiger partial charge >= 0.3 is 0 Å². The first-order chi connectivity index (χ1) is 15.9. The van der Waals surface area contributed by atoms with E-state index in [9.17, 15) is 0 Å². The highest BCUT2D eigenvalue weighted by molar-refractivity contribution is 5.73. The van der Waals surface area contributed by atoms with E-state index in [1.165, 1.54) is 44.5 Å². The number of unbranched alkanes of at least 4 members (excludes halogenated alkanes) is 1. The molecule has 2 aliphatic heterocycles. The summed E-state index contributed by atoms with van der Waals surface area (Å²) in [4.78, 5) is 14.5. The maximum absolute atomic E-state index is 6.35. The van der Waals surface area contributed by atoms with E-state index in [1.807, 2.05) is 19.9 Å². The Bertz CT molecular complexity index is 963. The number of nitrogens with zero attached hydrogens (tertiary/aromatic N) is 4. The highest BCUT2D eigenvalue weighted by Crippen LogP contribution is 2.42. The number of allylic oxidation sites excluding steroid dienone is 1. The van der Waals surface area contributed by atoms with E-state index >= 15 is 0 Å². The van der Waals surface area contributed by atoms with E-state index in [0.29, 0.717) is 11.1 Å². The zero-order chi connectivity index (χ0) is 23.4. The third-order valence-electron chi connectivity index (χ3n) is 7.60. The second kappa shape index (κ2) is 10.1. The van der Waals surface area contributed by atoms with Gasteiger partial charge in [-0.15, -0.1) is 0 Å². The molecule has 2 aliphatic rings. The van der Waals surface area contributed by atoms with Gasteiger partial charge in [0.1, 0.15) is 5.69 Å². The second-order valence-electron chi connectivity index (χ2n) is 10.0. The maximum atomic E-state index is 6.35. The molecule has 33 heavy (non-hydrogen) atoms. The van der Waals surface area contributed by atoms with Crippen LogP contribution in [0.15, 0.2) is 30.3 Å². The van der Waals surface area contributed by atoms with Crippen molar-refractivity contribution in [3.05, 3.63) is 47.4 Å². The Morgan fingerprint density at radius 3 is 2.24 bits per heavy atom. The summed E-state index contributed by atoms with van der Waals surface area (Å²) in [6.07, 6.45) is 9.36. The maximum Gasteiger partial charge on any atom is 0.158 e. The van der Waals surface area contributed by atoms with Crippen LogP contribution >= 0.6 is 0 Å². The normalized spacial score (nSPS) is 19.2. The highest BCUT2D eigenvalue weighted by atomic mass is 15.1. The summed E-state index contributed by atoms with van der Waals surface area (Å²) >= 11 is 0. The monoisotopic (exact) mass is 448 g/mol. The molecule has 3 heterocycles. The van der Waals surface area contributed by atoms with E-state index in [2.05, 4.69) is 53.4 Å². The lowest BCUT2D eigenvalue weighted by molar-refractivity contribution is 0.0945. The lowest BCUT2D eigenvalue weighted by Crippen LogP contribution is -2.46. The van der Waals surface area contributed by atoms with Crippen molar-refractivity contribution in [2.75, 3.05) is 43.4 Å². The fourth-order valence-electron chi connectivity index (χ4n) is 5.01. The number of anilines is 3. The lowest BCUT2D eigenvalue weighted by Gasteiger charge is -2.46. The van der Waals surface area contributed by atoms with Crippen molar-refractivity contribution in [3.63, 3.8) is 0 Å². The van der Waals surface area contributed by atoms with Gasteiger partial charge in [0.15, 0.2) is 5.82 Å². The number of aromatic nitrogens is 2. The largest absolute Gasteiger partial charge is 0.397 e. The van der Waals surface area contributed by atoms with Gasteiger partial charge in [0.25, 0.3) is 0 Å². The fraction of sp³-hybridized carbons (Fsp3) is 0.556. The average Bonchev–Trinajstić information content (AvgIpc) is 2.83. The summed E-state index contributed by atoms with van der Waals surface area (Å²) in [5.41, 5.74) is 12.5. The molecule has 6 nitrogen and oxygen atoms in total. The third-order valence-corrected chi connectivity index (χ3v) is 7.60. The van der Waals surface area contributed by atoms with Gasteiger partial charge < -0.3 is 20.9 Å². The fourth-order valence-corrected chi connectivity index (χ4v) is 5.01. The Morgan fingerprint density at radius 1 is 1.00 bits per heavy atom. The smallest absolute Gasteiger partial charge is 0.158 e. The Hall–Kier alpha value is -2.60. The van der Waals surface area contributed by atoms with E-state index in [1.54, 1.807) is 0 Å². The molecule has 4 rings (SSSR count). The third kappa shape index (κ3) is 5.49. The zero-order valence-corrected chi connectivity index (χ0v) is 20.8. The summed E-state index contributed by atoms with van der Waals surface area (Å²) in [5, 5.41) is 3.46. The predicted molar refractivity (Wildman–Crippen MR) is 139 cm³/mol. The van der Waals surface area contributed by atoms with Gasteiger partial charge in [0, 0.05) is 24.5 Å². The van der Waals surface area contributed by atoms with Gasteiger partial charge in [-0.25, -0.2) is 9.97 Å². The second-order valence-corrected chi connectivity index (χ2v) is 10.0. The molecule has 0 radical (unpaired) electrons. The Balaban J connectivity index is 1.44. The molecule has 1 aromatic heterocycles. The van der Waals surface area contributed by atoms with Gasteiger partial charge in [0.2, 0.25) is 0 Å². The minimum absolute atomic E-state index is 0.577. The lowest BCUT2D eigenvalue weighted by atomic mass is 9.71. The zero-order valence-electron chi connectivity index (χ0n) is 20.8. The van der Waals surface area contributed by atoms with Gasteiger partial charge in [-0.2, -0.15) is 0 Å². The van der Waals surface area contributed by atoms with Crippen molar-refractivity contribution in [3.8, 4) is 0 Å². The summed E-state index contributed by atoms with van der Waals surface area (Å²) in [6.45, 7) is 10.9. The Kier molecular flexibility index (Phi) is 7.23. The number of hydrogen-bond donors (Lipinski definition) is 2. The standard InChI is InChI=1S/C27H40N6/c1-5-6-7-24(28)25-26(30-21(3)20(2)29-25)31-22-8-10-23(11-9-22)33-18-14-27(15-19-33)12-16-32(4)17-13-27/h7-11H,5-6,12-19,28H2,1-4H3,(H,30,31). The van der Waals surface area contributed by atoms with Crippen LogP contribution < -0.4 is 16.0 Å². The number of piperidine rings is 2. The van der Waals surface area contributed by atoms with Crippen LogP contribution in [-0.2, 0) is 0 Å². The molecule has 1 spiro atoms. The molecular weight excluding hydrogens is 408 g/mol. The number of likely N-dealkylation sites (tertiary alicyclic amines) is 1. The van der Waals surface area contributed by atoms with Crippen LogP contribution in [0, 0.1) is 19.3 Å². The van der Waals surface area contributed by atoms with Gasteiger partial charge in [-0.3, -0.25) is 0 Å². The Morgan fingerprint density at radius 2 is 1.61 bits per heavy atom. The molecule has 3 N–H and O–H groups in total. The van der Waals surface area contributed by atoms with Crippen LogP contribution in [0.5, 0.6) is 0 Å². The Labute approximate surface area is 199 Å². The molecule has 178 valence electrons. The summed E-state index contributed by atoms with van der Waals surface area (Å²) < 4.78 is 0. The predicted octanol–water partition coefficient (Wildman–Crippen LogP) is 5.25. The van der Waals surface area contributed by atoms with Gasteiger partial charge in [0.05, 0.1) is 17.1 Å². The summed E-state index contributed by atoms with van der Waals surface area (Å²) in [7, 11) is 2.25. The van der Waals surface area contributed by atoms with Crippen LogP contribution in [0.25, 0.3) is 5.70 Å². The molecule has 0 amide bonds. The van der Waals surface area contributed by atoms with Crippen LogP contribution in [0.4, 0.5) is 17.2 Å². The molecule has 2 saturated heterocycles. The van der Waals surface area contributed by atoms with Crippen molar-refractivity contribution >= 4 is 22.9 Å². The molecule has 2 aromatic rings. The molecule has 6 heteroatoms. The first-order valence-electron chi connectivity index (χ1n) is 12.5. The van der Waals surface area contributed by atoms with Gasteiger partial charge in [-0.1, -0.05) is 19.4 Å². The highest BCUT2D eigenvalue weighted by Gasteiger charge is 2.36. The minimum atomic E-state index is 0.577. The van der Waals surface area contributed by atoms with Crippen molar-refractivity contribution in [1.29, 1.82) is 0 Å². The van der Waals surface area contributed by atoms with Crippen molar-refractivity contribution in [1.82, 2.24) is 14.9 Å². The summed E-state index contributed by atoms with van der Waals surface area (Å²) in [5.74, 6) is 0.720. The first kappa shape index (κ1) is 23.6. The number of nitrogens with one attached hydrogen (secondary N) is 1. The molecule has 0 unspecified atom stereocenters. The first-order valence-corrected chi connectivity index (χ1v) is 12.5. The molecule has 0 atom stereocenters. The topological polar surface area (TPSA) is 70.3 Å². The van der Waals surface area contributed by atoms with Crippen molar-refractivity contribution in [2.24, 2.45) is 11.1 Å². The molecular formula is C27H40N6. The number of aryl methyl sites for hydroxylation is 2. The number of nitrogens with two attached hydrogens (primary N) is 1.